The van der Waals surface area contributed by atoms with E-state index in [0.717, 1.165) is 16.9 Å². The van der Waals surface area contributed by atoms with Gasteiger partial charge in [0.05, 0.1) is 5.52 Å². The van der Waals surface area contributed by atoms with Gasteiger partial charge in [0.2, 0.25) is 10.3 Å². The van der Waals surface area contributed by atoms with Gasteiger partial charge < -0.3 is 15.2 Å². The Hall–Kier alpha value is -2.13. The lowest BCUT2D eigenvalue weighted by molar-refractivity contribution is 0.405. The topological polar surface area (TPSA) is 107 Å². The van der Waals surface area contributed by atoms with Crippen molar-refractivity contribution >= 4 is 45.0 Å². The van der Waals surface area contributed by atoms with E-state index in [-0.39, 0.29) is 17.2 Å². The van der Waals surface area contributed by atoms with Gasteiger partial charge in [-0.25, -0.2) is 0 Å². The van der Waals surface area contributed by atoms with Crippen LogP contribution in [-0.2, 0) is 0 Å². The highest BCUT2D eigenvalue weighted by Gasteiger charge is 2.13. The van der Waals surface area contributed by atoms with Crippen LogP contribution in [0.15, 0.2) is 33.7 Å². The molecule has 0 fully saturated rings. The second kappa shape index (κ2) is 5.10. The molecule has 7 nitrogen and oxygen atoms in total. The molecule has 3 aromatic rings. The lowest BCUT2D eigenvalue weighted by atomic mass is 10.2. The zero-order valence-corrected chi connectivity index (χ0v) is 11.9. The Morgan fingerprint density at radius 3 is 2.95 bits per heavy atom. The number of rotatable bonds is 3. The van der Waals surface area contributed by atoms with E-state index in [4.69, 9.17) is 0 Å². The number of azo groups is 1. The first kappa shape index (κ1) is 12.9. The predicted molar refractivity (Wildman–Crippen MR) is 77.5 cm³/mol. The van der Waals surface area contributed by atoms with Gasteiger partial charge in [-0.15, -0.1) is 10.2 Å². The van der Waals surface area contributed by atoms with E-state index < -0.39 is 0 Å². The summed E-state index contributed by atoms with van der Waals surface area (Å²) < 4.78 is 4.06. The number of benzene rings is 1. The van der Waals surface area contributed by atoms with Crippen molar-refractivity contribution in [2.45, 2.75) is 5.16 Å². The number of thioether (sulfide) groups is 1. The van der Waals surface area contributed by atoms with Crippen molar-refractivity contribution in [3.05, 3.63) is 18.3 Å². The van der Waals surface area contributed by atoms with E-state index in [2.05, 4.69) is 24.6 Å². The Kier molecular flexibility index (Phi) is 3.28. The smallest absolute Gasteiger partial charge is 0.250 e. The third kappa shape index (κ3) is 2.21. The molecule has 0 saturated carbocycles. The fraction of sp³-hybridized carbons (Fsp3) is 0.0909. The third-order valence-corrected chi connectivity index (χ3v) is 3.85. The fourth-order valence-electron chi connectivity index (χ4n) is 1.68. The molecular formula is C11H9N5O2S2. The van der Waals surface area contributed by atoms with Crippen molar-refractivity contribution in [3.8, 4) is 11.5 Å². The summed E-state index contributed by atoms with van der Waals surface area (Å²) in [6, 6.07) is 3.22. The average molecular weight is 307 g/mol. The Bertz CT molecular complexity index is 795. The Morgan fingerprint density at radius 1 is 1.35 bits per heavy atom. The van der Waals surface area contributed by atoms with Crippen LogP contribution >= 0.6 is 23.3 Å². The molecule has 9 heteroatoms. The number of nitrogens with zero attached hydrogens (tertiary/aromatic N) is 4. The highest BCUT2D eigenvalue weighted by Crippen LogP contribution is 2.42. The molecule has 0 bridgehead atoms. The Balaban J connectivity index is 2.05. The minimum absolute atomic E-state index is 0.172. The Morgan fingerprint density at radius 2 is 2.20 bits per heavy atom. The molecule has 0 amide bonds. The molecule has 0 aliphatic carbocycles. The van der Waals surface area contributed by atoms with Crippen molar-refractivity contribution in [1.82, 2.24) is 14.3 Å². The lowest BCUT2D eigenvalue weighted by Gasteiger charge is -2.02. The lowest BCUT2D eigenvalue weighted by Crippen LogP contribution is -1.75. The summed E-state index contributed by atoms with van der Waals surface area (Å²) in [5, 5.41) is 29.2. The van der Waals surface area contributed by atoms with E-state index in [9.17, 15) is 10.2 Å². The summed E-state index contributed by atoms with van der Waals surface area (Å²) in [7, 11) is 0. The van der Waals surface area contributed by atoms with Crippen molar-refractivity contribution in [2.24, 2.45) is 10.2 Å². The van der Waals surface area contributed by atoms with Gasteiger partial charge in [0.25, 0.3) is 0 Å². The molecule has 0 atom stereocenters. The number of hydrogen-bond donors (Lipinski definition) is 3. The number of aromatic hydroxyl groups is 2. The second-order valence-electron chi connectivity index (χ2n) is 3.80. The molecule has 2 aromatic heterocycles. The minimum atomic E-state index is -0.321. The van der Waals surface area contributed by atoms with E-state index in [1.165, 1.54) is 17.8 Å². The molecule has 3 rings (SSSR count). The predicted octanol–water partition coefficient (Wildman–Crippen LogP) is 3.57. The molecule has 102 valence electrons. The van der Waals surface area contributed by atoms with E-state index >= 15 is 0 Å². The first-order valence-corrected chi connectivity index (χ1v) is 7.50. The number of H-pyrrole nitrogens is 1. The van der Waals surface area contributed by atoms with Crippen LogP contribution in [0, 0.1) is 0 Å². The number of hydrogen-bond acceptors (Lipinski definition) is 8. The van der Waals surface area contributed by atoms with Gasteiger partial charge in [0.15, 0.2) is 17.2 Å². The third-order valence-electron chi connectivity index (χ3n) is 2.59. The van der Waals surface area contributed by atoms with Gasteiger partial charge >= 0.3 is 0 Å². The molecule has 20 heavy (non-hydrogen) atoms. The monoisotopic (exact) mass is 307 g/mol. The first-order chi connectivity index (χ1) is 9.69. The van der Waals surface area contributed by atoms with Crippen LogP contribution in [-0.4, -0.2) is 30.8 Å². The van der Waals surface area contributed by atoms with Crippen molar-refractivity contribution in [3.63, 3.8) is 0 Å². The van der Waals surface area contributed by atoms with Gasteiger partial charge in [-0.2, -0.15) is 9.36 Å². The molecule has 0 unspecified atom stereocenters. The molecule has 0 aliphatic rings. The normalized spacial score (nSPS) is 11.7. The zero-order chi connectivity index (χ0) is 14.1. The van der Waals surface area contributed by atoms with Gasteiger partial charge in [-0.3, -0.25) is 0 Å². The number of phenols is 2. The van der Waals surface area contributed by atoms with Crippen LogP contribution in [0.2, 0.25) is 0 Å². The van der Waals surface area contributed by atoms with Gasteiger partial charge in [0.1, 0.15) is 0 Å². The fourth-order valence-corrected chi connectivity index (χ4v) is 2.73. The van der Waals surface area contributed by atoms with Gasteiger partial charge in [-0.1, -0.05) is 11.8 Å². The maximum atomic E-state index is 9.88. The highest BCUT2D eigenvalue weighted by atomic mass is 32.2. The number of nitrogens with one attached hydrogen (secondary N) is 1. The first-order valence-electron chi connectivity index (χ1n) is 5.50. The zero-order valence-electron chi connectivity index (χ0n) is 10.2. The van der Waals surface area contributed by atoms with Gasteiger partial charge in [-0.05, 0) is 18.4 Å². The molecule has 2 heterocycles. The summed E-state index contributed by atoms with van der Waals surface area (Å²) in [4.78, 5) is 7.07. The number of phenolic OH excluding ortho intramolecular Hbond substituents is 2. The number of aromatic amines is 1. The van der Waals surface area contributed by atoms with E-state index in [0.29, 0.717) is 15.8 Å². The molecular weight excluding hydrogens is 298 g/mol. The number of fused-ring (bicyclic) bond motifs is 1. The summed E-state index contributed by atoms with van der Waals surface area (Å²) in [5.74, 6) is -0.563. The van der Waals surface area contributed by atoms with Crippen LogP contribution in [0.4, 0.5) is 10.8 Å². The number of aromatic nitrogens is 3. The summed E-state index contributed by atoms with van der Waals surface area (Å²) >= 11 is 2.53. The summed E-state index contributed by atoms with van der Waals surface area (Å²) in [5.41, 5.74) is 0.768. The quantitative estimate of drug-likeness (QED) is 0.389. The van der Waals surface area contributed by atoms with Crippen molar-refractivity contribution < 1.29 is 10.2 Å². The van der Waals surface area contributed by atoms with E-state index in [1.54, 1.807) is 12.3 Å². The standard InChI is InChI=1S/C11H9N5O2S2/c1-19-11-13-10(20-16-11)15-14-8-7-5(2-3-12-7)4-6(17)9(8)18/h2-4,12,17-18H,1H3/b15-14+. The van der Waals surface area contributed by atoms with Crippen LogP contribution in [0.25, 0.3) is 10.9 Å². The molecule has 0 spiro atoms. The second-order valence-corrected chi connectivity index (χ2v) is 5.30. The molecule has 3 N–H and O–H groups in total. The van der Waals surface area contributed by atoms with Crippen molar-refractivity contribution in [1.29, 1.82) is 0 Å². The van der Waals surface area contributed by atoms with Crippen molar-refractivity contribution in [2.75, 3.05) is 6.26 Å². The molecule has 0 saturated heterocycles. The van der Waals surface area contributed by atoms with Gasteiger partial charge in [0, 0.05) is 23.1 Å². The average Bonchev–Trinajstić information content (AvgIpc) is 3.07. The molecule has 0 radical (unpaired) electrons. The maximum Gasteiger partial charge on any atom is 0.250 e. The SMILES string of the molecule is CSc1nsc(/N=N/c2c(O)c(O)cc3cc[nH]c23)n1. The molecule has 1 aromatic carbocycles. The highest BCUT2D eigenvalue weighted by molar-refractivity contribution is 7.98. The largest absolute Gasteiger partial charge is 0.504 e. The van der Waals surface area contributed by atoms with Crippen LogP contribution < -0.4 is 0 Å². The van der Waals surface area contributed by atoms with Crippen LogP contribution in [0.1, 0.15) is 0 Å². The van der Waals surface area contributed by atoms with Crippen LogP contribution in [0.5, 0.6) is 11.5 Å². The minimum Gasteiger partial charge on any atom is -0.504 e. The summed E-state index contributed by atoms with van der Waals surface area (Å²) in [6.45, 7) is 0. The van der Waals surface area contributed by atoms with Crippen LogP contribution in [0.3, 0.4) is 0 Å². The molecule has 0 aliphatic heterocycles. The Labute approximate surface area is 121 Å². The summed E-state index contributed by atoms with van der Waals surface area (Å²) in [6.07, 6.45) is 3.56. The van der Waals surface area contributed by atoms with E-state index in [1.807, 2.05) is 6.26 Å². The maximum absolute atomic E-state index is 9.88.